The molecule has 10 heteroatoms. The Morgan fingerprint density at radius 1 is 1.12 bits per heavy atom. The lowest BCUT2D eigenvalue weighted by molar-refractivity contribution is -0.168. The van der Waals surface area contributed by atoms with Crippen LogP contribution in [0.4, 0.5) is 10.1 Å². The largest absolute Gasteiger partial charge is 0.394 e. The van der Waals surface area contributed by atoms with Crippen LogP contribution in [0, 0.1) is 5.82 Å². The molecule has 2 aliphatic heterocycles. The summed E-state index contributed by atoms with van der Waals surface area (Å²) < 4.78 is 52.0. The topological polar surface area (TPSA) is 105 Å². The number of amides is 1. The van der Waals surface area contributed by atoms with Gasteiger partial charge in [-0.3, -0.25) is 9.52 Å². The van der Waals surface area contributed by atoms with Crippen LogP contribution in [0.1, 0.15) is 24.5 Å². The molecule has 4 rings (SSSR count). The highest BCUT2D eigenvalue weighted by Gasteiger charge is 2.41. The molecule has 0 bridgehead atoms. The summed E-state index contributed by atoms with van der Waals surface area (Å²) in [7, 11) is -3.95. The van der Waals surface area contributed by atoms with Crippen LogP contribution < -0.4 is 4.72 Å². The molecule has 2 aromatic rings. The van der Waals surface area contributed by atoms with Gasteiger partial charge in [-0.2, -0.15) is 0 Å². The molecule has 32 heavy (non-hydrogen) atoms. The Kier molecular flexibility index (Phi) is 6.75. The molecule has 2 unspecified atom stereocenters. The van der Waals surface area contributed by atoms with Crippen molar-refractivity contribution in [2.45, 2.75) is 35.9 Å². The highest BCUT2D eigenvalue weighted by molar-refractivity contribution is 7.92. The minimum absolute atomic E-state index is 0.0165. The number of hydrogen-bond acceptors (Lipinski definition) is 6. The van der Waals surface area contributed by atoms with E-state index >= 15 is 0 Å². The Balaban J connectivity index is 1.52. The number of aliphatic hydroxyl groups is 1. The van der Waals surface area contributed by atoms with E-state index in [9.17, 15) is 22.7 Å². The molecule has 2 atom stereocenters. The second-order valence-corrected chi connectivity index (χ2v) is 9.49. The van der Waals surface area contributed by atoms with Gasteiger partial charge in [0.05, 0.1) is 17.5 Å². The minimum atomic E-state index is -3.95. The van der Waals surface area contributed by atoms with Crippen LogP contribution in [0.3, 0.4) is 0 Å². The molecule has 2 fully saturated rings. The fraction of sp³-hybridized carbons (Fsp3) is 0.409. The summed E-state index contributed by atoms with van der Waals surface area (Å²) in [6.45, 7) is 0.782. The third-order valence-corrected chi connectivity index (χ3v) is 7.13. The molecule has 0 saturated carbocycles. The summed E-state index contributed by atoms with van der Waals surface area (Å²) in [5, 5.41) is 10.1. The Morgan fingerprint density at radius 3 is 2.50 bits per heavy atom. The quantitative estimate of drug-likeness (QED) is 0.678. The first-order valence-corrected chi connectivity index (χ1v) is 11.9. The van der Waals surface area contributed by atoms with Crippen molar-refractivity contribution in [2.75, 3.05) is 31.1 Å². The number of nitrogens with zero attached hydrogens (tertiary/aromatic N) is 1. The molecule has 0 radical (unpaired) electrons. The molecule has 0 aromatic heterocycles. The molecular weight excluding hydrogens is 439 g/mol. The van der Waals surface area contributed by atoms with Gasteiger partial charge in [0.25, 0.3) is 10.0 Å². The molecule has 8 nitrogen and oxygen atoms in total. The Labute approximate surface area is 186 Å². The monoisotopic (exact) mass is 464 g/mol. The van der Waals surface area contributed by atoms with Gasteiger partial charge in [0.15, 0.2) is 0 Å². The van der Waals surface area contributed by atoms with E-state index in [4.69, 9.17) is 9.47 Å². The molecule has 0 spiro atoms. The highest BCUT2D eigenvalue weighted by Crippen LogP contribution is 2.33. The predicted octanol–water partition coefficient (Wildman–Crippen LogP) is 2.07. The zero-order valence-corrected chi connectivity index (χ0v) is 18.1. The zero-order chi connectivity index (χ0) is 22.7. The lowest BCUT2D eigenvalue weighted by Crippen LogP contribution is -2.57. The Morgan fingerprint density at radius 2 is 1.84 bits per heavy atom. The SMILES string of the molecule is O=C1COC(c2ccc(NS(=O)(=O)c3cccc(F)c3)cc2)C(CO)N1C1CCOCC1. The van der Waals surface area contributed by atoms with Crippen LogP contribution in [-0.2, 0) is 24.3 Å². The standard InChI is InChI=1S/C22H25FN2O6S/c23-16-2-1-3-19(12-16)32(28,29)24-17-6-4-15(5-7-17)22-20(13-26)25(21(27)14-31-22)18-8-10-30-11-9-18/h1-7,12,18,20,22,24,26H,8-11,13-14H2. The van der Waals surface area contributed by atoms with E-state index < -0.39 is 28.0 Å². The number of aliphatic hydroxyl groups excluding tert-OH is 1. The van der Waals surface area contributed by atoms with Gasteiger partial charge in [-0.15, -0.1) is 0 Å². The average molecular weight is 465 g/mol. The third-order valence-electron chi connectivity index (χ3n) is 5.75. The number of carbonyl (C=O) groups excluding carboxylic acids is 1. The maximum atomic E-state index is 13.4. The number of morpholine rings is 1. The highest BCUT2D eigenvalue weighted by atomic mass is 32.2. The number of sulfonamides is 1. The summed E-state index contributed by atoms with van der Waals surface area (Å²) in [4.78, 5) is 14.1. The molecule has 2 N–H and O–H groups in total. The lowest BCUT2D eigenvalue weighted by Gasteiger charge is -2.45. The number of anilines is 1. The van der Waals surface area contributed by atoms with E-state index in [1.807, 2.05) is 0 Å². The van der Waals surface area contributed by atoms with Gasteiger partial charge in [0.1, 0.15) is 18.5 Å². The number of nitrogens with one attached hydrogen (secondary N) is 1. The van der Waals surface area contributed by atoms with Crippen molar-refractivity contribution < 1.29 is 32.2 Å². The first-order valence-electron chi connectivity index (χ1n) is 10.4. The van der Waals surface area contributed by atoms with Crippen molar-refractivity contribution in [2.24, 2.45) is 0 Å². The second kappa shape index (κ2) is 9.53. The van der Waals surface area contributed by atoms with Gasteiger partial charge in [-0.05, 0) is 48.7 Å². The zero-order valence-electron chi connectivity index (χ0n) is 17.3. The molecule has 2 aromatic carbocycles. The molecule has 2 saturated heterocycles. The first-order chi connectivity index (χ1) is 15.4. The molecule has 172 valence electrons. The van der Waals surface area contributed by atoms with E-state index in [0.29, 0.717) is 37.3 Å². The van der Waals surface area contributed by atoms with E-state index in [0.717, 1.165) is 6.07 Å². The summed E-state index contributed by atoms with van der Waals surface area (Å²) >= 11 is 0. The third kappa shape index (κ3) is 4.78. The van der Waals surface area contributed by atoms with Crippen molar-refractivity contribution in [1.82, 2.24) is 4.90 Å². The Hall–Kier alpha value is -2.53. The van der Waals surface area contributed by atoms with Crippen molar-refractivity contribution in [3.8, 4) is 0 Å². The van der Waals surface area contributed by atoms with Crippen LogP contribution in [0.25, 0.3) is 0 Å². The number of carbonyl (C=O) groups is 1. The first kappa shape index (κ1) is 22.7. The van der Waals surface area contributed by atoms with Crippen molar-refractivity contribution in [1.29, 1.82) is 0 Å². The van der Waals surface area contributed by atoms with Gasteiger partial charge < -0.3 is 19.5 Å². The van der Waals surface area contributed by atoms with Crippen LogP contribution in [0.2, 0.25) is 0 Å². The smallest absolute Gasteiger partial charge is 0.261 e. The molecule has 2 aliphatic rings. The van der Waals surface area contributed by atoms with Crippen LogP contribution in [-0.4, -0.2) is 62.8 Å². The van der Waals surface area contributed by atoms with Gasteiger partial charge in [0, 0.05) is 24.9 Å². The van der Waals surface area contributed by atoms with Crippen LogP contribution in [0.5, 0.6) is 0 Å². The maximum absolute atomic E-state index is 13.4. The maximum Gasteiger partial charge on any atom is 0.261 e. The summed E-state index contributed by atoms with van der Waals surface area (Å²) in [6, 6.07) is 10.7. The van der Waals surface area contributed by atoms with Gasteiger partial charge in [-0.1, -0.05) is 18.2 Å². The summed E-state index contributed by atoms with van der Waals surface area (Å²) in [6.07, 6.45) is 0.861. The number of rotatable bonds is 6. The van der Waals surface area contributed by atoms with Gasteiger partial charge in [0.2, 0.25) is 5.91 Å². The van der Waals surface area contributed by atoms with E-state index in [2.05, 4.69) is 4.72 Å². The van der Waals surface area contributed by atoms with Crippen LogP contribution in [0.15, 0.2) is 53.4 Å². The lowest BCUT2D eigenvalue weighted by atomic mass is 9.95. The minimum Gasteiger partial charge on any atom is -0.394 e. The van der Waals surface area contributed by atoms with Crippen molar-refractivity contribution in [3.63, 3.8) is 0 Å². The van der Waals surface area contributed by atoms with Crippen molar-refractivity contribution >= 4 is 21.6 Å². The summed E-state index contributed by atoms with van der Waals surface area (Å²) in [5.41, 5.74) is 1.01. The van der Waals surface area contributed by atoms with Gasteiger partial charge in [-0.25, -0.2) is 12.8 Å². The van der Waals surface area contributed by atoms with E-state index in [1.54, 1.807) is 29.2 Å². The Bertz CT molecular complexity index is 1060. The van der Waals surface area contributed by atoms with E-state index in [1.165, 1.54) is 18.2 Å². The molecule has 1 amide bonds. The van der Waals surface area contributed by atoms with Crippen LogP contribution >= 0.6 is 0 Å². The number of hydrogen-bond donors (Lipinski definition) is 2. The normalized spacial score (nSPS) is 22.7. The molecular formula is C22H25FN2O6S. The fourth-order valence-corrected chi connectivity index (χ4v) is 5.30. The number of ether oxygens (including phenoxy) is 2. The average Bonchev–Trinajstić information content (AvgIpc) is 2.80. The van der Waals surface area contributed by atoms with Gasteiger partial charge >= 0.3 is 0 Å². The molecule has 0 aliphatic carbocycles. The van der Waals surface area contributed by atoms with Crippen molar-refractivity contribution in [3.05, 3.63) is 59.9 Å². The summed E-state index contributed by atoms with van der Waals surface area (Å²) in [5.74, 6) is -0.803. The molecule has 2 heterocycles. The number of benzene rings is 2. The van der Waals surface area contributed by atoms with E-state index in [-0.39, 0.29) is 30.1 Å². The number of halogens is 1. The second-order valence-electron chi connectivity index (χ2n) is 7.81. The fourth-order valence-electron chi connectivity index (χ4n) is 4.21. The predicted molar refractivity (Wildman–Crippen MR) is 114 cm³/mol.